The summed E-state index contributed by atoms with van der Waals surface area (Å²) < 4.78 is 4.72. The van der Waals surface area contributed by atoms with Gasteiger partial charge in [0.25, 0.3) is 5.36 Å². The van der Waals surface area contributed by atoms with Gasteiger partial charge in [-0.25, -0.2) is 4.99 Å². The maximum absolute atomic E-state index is 5.33. The molecule has 0 spiro atoms. The second kappa shape index (κ2) is 3.50. The molecular weight excluding hydrogens is 126 g/mol. The second-order valence-electron chi connectivity index (χ2n) is 1.28. The minimum atomic E-state index is 0.123. The van der Waals surface area contributed by atoms with Crippen LogP contribution in [0.1, 0.15) is 6.92 Å². The molecular formula is C5H8ClNO. The normalized spacial score (nSPS) is 11.1. The lowest BCUT2D eigenvalue weighted by atomic mass is 10.7. The highest BCUT2D eigenvalue weighted by atomic mass is 35.5. The first-order chi connectivity index (χ1) is 3.66. The zero-order chi connectivity index (χ0) is 6.57. The van der Waals surface area contributed by atoms with Crippen molar-refractivity contribution in [2.24, 2.45) is 4.99 Å². The molecule has 0 saturated heterocycles. The molecule has 0 heterocycles. The predicted octanol–water partition coefficient (Wildman–Crippen LogP) is 1.76. The Bertz CT molecular complexity index is 120. The van der Waals surface area contributed by atoms with Gasteiger partial charge in [0.2, 0.25) is 0 Å². The molecule has 2 nitrogen and oxygen atoms in total. The number of halogens is 1. The van der Waals surface area contributed by atoms with Crippen molar-refractivity contribution in [1.29, 1.82) is 0 Å². The van der Waals surface area contributed by atoms with Crippen LogP contribution in [-0.2, 0) is 4.74 Å². The quantitative estimate of drug-likeness (QED) is 0.304. The zero-order valence-electron chi connectivity index (χ0n) is 4.94. The average molecular weight is 134 g/mol. The lowest BCUT2D eigenvalue weighted by Gasteiger charge is -1.96. The van der Waals surface area contributed by atoms with E-state index in [-0.39, 0.29) is 5.36 Å². The topological polar surface area (TPSA) is 21.6 Å². The van der Waals surface area contributed by atoms with Gasteiger partial charge in [-0.1, -0.05) is 6.58 Å². The summed E-state index contributed by atoms with van der Waals surface area (Å²) in [7, 11) is 1.55. The number of ether oxygens (including phenoxy) is 1. The van der Waals surface area contributed by atoms with E-state index in [4.69, 9.17) is 16.3 Å². The third-order valence-corrected chi connectivity index (χ3v) is 0.680. The van der Waals surface area contributed by atoms with Crippen LogP contribution in [0.4, 0.5) is 0 Å². The van der Waals surface area contributed by atoms with E-state index in [1.165, 1.54) is 0 Å². The Morgan fingerprint density at radius 1 is 1.75 bits per heavy atom. The second-order valence-corrected chi connectivity index (χ2v) is 1.60. The van der Waals surface area contributed by atoms with Crippen LogP contribution in [0.15, 0.2) is 17.3 Å². The fourth-order valence-electron chi connectivity index (χ4n) is 0.189. The van der Waals surface area contributed by atoms with Gasteiger partial charge in [0, 0.05) is 7.05 Å². The standard InChI is InChI=1S/C5H8ClNO/c1-4(2)8-5(6)7-3/h1H2,2-3H3/b7-5-. The molecule has 0 aliphatic heterocycles. The van der Waals surface area contributed by atoms with E-state index in [0.717, 1.165) is 0 Å². The molecule has 0 radical (unpaired) electrons. The van der Waals surface area contributed by atoms with Gasteiger partial charge in [-0.05, 0) is 18.5 Å². The van der Waals surface area contributed by atoms with Crippen LogP contribution < -0.4 is 0 Å². The van der Waals surface area contributed by atoms with Gasteiger partial charge >= 0.3 is 0 Å². The van der Waals surface area contributed by atoms with E-state index in [1.807, 2.05) is 0 Å². The number of hydrogen-bond acceptors (Lipinski definition) is 2. The van der Waals surface area contributed by atoms with E-state index in [2.05, 4.69) is 11.6 Å². The highest BCUT2D eigenvalue weighted by molar-refractivity contribution is 6.62. The van der Waals surface area contributed by atoms with Crippen LogP contribution in [0.25, 0.3) is 0 Å². The largest absolute Gasteiger partial charge is 0.436 e. The van der Waals surface area contributed by atoms with E-state index in [1.54, 1.807) is 14.0 Å². The van der Waals surface area contributed by atoms with Gasteiger partial charge in [-0.15, -0.1) is 0 Å². The Labute approximate surface area is 53.8 Å². The summed E-state index contributed by atoms with van der Waals surface area (Å²) in [5.41, 5.74) is 0. The summed E-state index contributed by atoms with van der Waals surface area (Å²) in [4.78, 5) is 3.53. The first kappa shape index (κ1) is 7.50. The van der Waals surface area contributed by atoms with Crippen LogP contribution in [0.5, 0.6) is 0 Å². The molecule has 0 aromatic rings. The van der Waals surface area contributed by atoms with Gasteiger partial charge in [0.15, 0.2) is 0 Å². The smallest absolute Gasteiger partial charge is 0.287 e. The summed E-state index contributed by atoms with van der Waals surface area (Å²) in [6.07, 6.45) is 0. The Morgan fingerprint density at radius 3 is 2.38 bits per heavy atom. The first-order valence-corrected chi connectivity index (χ1v) is 2.50. The van der Waals surface area contributed by atoms with E-state index in [9.17, 15) is 0 Å². The van der Waals surface area contributed by atoms with Crippen molar-refractivity contribution in [3.05, 3.63) is 12.3 Å². The van der Waals surface area contributed by atoms with E-state index < -0.39 is 0 Å². The molecule has 0 aromatic carbocycles. The number of hydrogen-bond donors (Lipinski definition) is 0. The lowest BCUT2D eigenvalue weighted by molar-refractivity contribution is 0.430. The fraction of sp³-hybridized carbons (Fsp3) is 0.400. The van der Waals surface area contributed by atoms with Gasteiger partial charge in [-0.3, -0.25) is 0 Å². The lowest BCUT2D eigenvalue weighted by Crippen LogP contribution is -1.91. The number of nitrogens with zero attached hydrogens (tertiary/aromatic N) is 1. The minimum Gasteiger partial charge on any atom is -0.436 e. The molecule has 0 N–H and O–H groups in total. The van der Waals surface area contributed by atoms with Crippen molar-refractivity contribution < 1.29 is 4.74 Å². The molecule has 0 bridgehead atoms. The molecule has 0 amide bonds. The van der Waals surface area contributed by atoms with E-state index >= 15 is 0 Å². The van der Waals surface area contributed by atoms with Crippen molar-refractivity contribution >= 4 is 17.0 Å². The molecule has 0 atom stereocenters. The summed E-state index contributed by atoms with van der Waals surface area (Å²) in [5.74, 6) is 0.542. The Hall–Kier alpha value is -0.500. The molecule has 0 aromatic heterocycles. The van der Waals surface area contributed by atoms with Crippen molar-refractivity contribution in [3.63, 3.8) is 0 Å². The molecule has 0 rings (SSSR count). The van der Waals surface area contributed by atoms with Crippen molar-refractivity contribution in [2.45, 2.75) is 6.92 Å². The number of aliphatic imine (C=N–C) groups is 1. The molecule has 0 aliphatic rings. The SMILES string of the molecule is C=C(C)O/C(Cl)=N\C. The summed E-state index contributed by atoms with van der Waals surface area (Å²) in [5, 5.41) is 0.123. The predicted molar refractivity (Wildman–Crippen MR) is 35.1 cm³/mol. The third-order valence-electron chi connectivity index (χ3n) is 0.434. The molecule has 0 saturated carbocycles. The molecule has 46 valence electrons. The average Bonchev–Trinajstić information content (AvgIpc) is 1.65. The van der Waals surface area contributed by atoms with Crippen LogP contribution in [0, 0.1) is 0 Å². The van der Waals surface area contributed by atoms with Gasteiger partial charge in [-0.2, -0.15) is 0 Å². The van der Waals surface area contributed by atoms with Gasteiger partial charge < -0.3 is 4.74 Å². The fourth-order valence-corrected chi connectivity index (χ4v) is 0.321. The molecule has 3 heteroatoms. The van der Waals surface area contributed by atoms with E-state index in [0.29, 0.717) is 5.76 Å². The summed E-state index contributed by atoms with van der Waals surface area (Å²) in [6, 6.07) is 0. The van der Waals surface area contributed by atoms with Crippen LogP contribution in [-0.4, -0.2) is 12.4 Å². The van der Waals surface area contributed by atoms with Gasteiger partial charge in [0.1, 0.15) is 0 Å². The Kier molecular flexibility index (Phi) is 3.28. The molecule has 8 heavy (non-hydrogen) atoms. The summed E-state index contributed by atoms with van der Waals surface area (Å²) >= 11 is 5.33. The Balaban J connectivity index is 3.56. The highest BCUT2D eigenvalue weighted by Crippen LogP contribution is 1.95. The molecule has 0 unspecified atom stereocenters. The molecule has 0 fully saturated rings. The maximum atomic E-state index is 5.33. The monoisotopic (exact) mass is 133 g/mol. The van der Waals surface area contributed by atoms with Crippen LogP contribution in [0.2, 0.25) is 0 Å². The van der Waals surface area contributed by atoms with Crippen molar-refractivity contribution in [3.8, 4) is 0 Å². The Morgan fingerprint density at radius 2 is 2.25 bits per heavy atom. The maximum Gasteiger partial charge on any atom is 0.287 e. The minimum absolute atomic E-state index is 0.123. The van der Waals surface area contributed by atoms with Crippen LogP contribution in [0.3, 0.4) is 0 Å². The zero-order valence-corrected chi connectivity index (χ0v) is 5.70. The molecule has 0 aliphatic carbocycles. The van der Waals surface area contributed by atoms with Crippen molar-refractivity contribution in [2.75, 3.05) is 7.05 Å². The van der Waals surface area contributed by atoms with Gasteiger partial charge in [0.05, 0.1) is 5.76 Å². The third kappa shape index (κ3) is 3.68. The number of allylic oxidation sites excluding steroid dienone is 1. The first-order valence-electron chi connectivity index (χ1n) is 2.12. The number of rotatable bonds is 1. The van der Waals surface area contributed by atoms with Crippen molar-refractivity contribution in [1.82, 2.24) is 0 Å². The van der Waals surface area contributed by atoms with Crippen LogP contribution >= 0.6 is 11.6 Å². The highest BCUT2D eigenvalue weighted by Gasteiger charge is 1.89. The summed E-state index contributed by atoms with van der Waals surface area (Å²) in [6.45, 7) is 5.16.